The maximum atomic E-state index is 13.4. The van der Waals surface area contributed by atoms with E-state index in [1.54, 1.807) is 4.57 Å². The third kappa shape index (κ3) is 3.25. The summed E-state index contributed by atoms with van der Waals surface area (Å²) in [4.78, 5) is 18.2. The van der Waals surface area contributed by atoms with E-state index in [0.717, 1.165) is 14.8 Å². The molecular weight excluding hydrogens is 485 g/mol. The highest BCUT2D eigenvalue weighted by atomic mass is 127. The Hall–Kier alpha value is -3.19. The average Bonchev–Trinajstić information content (AvgIpc) is 3.09. The van der Waals surface area contributed by atoms with Gasteiger partial charge in [-0.05, 0) is 71.1 Å². The van der Waals surface area contributed by atoms with Crippen LogP contribution in [0, 0.1) is 3.57 Å². The summed E-state index contributed by atoms with van der Waals surface area (Å²) < 4.78 is 4.80. The zero-order chi connectivity index (χ0) is 20.7. The number of halogens is 1. The topological polar surface area (TPSA) is 39.8 Å². The van der Waals surface area contributed by atoms with Crippen molar-refractivity contribution in [1.82, 2.24) is 14.1 Å². The van der Waals surface area contributed by atoms with E-state index < -0.39 is 0 Å². The van der Waals surface area contributed by atoms with Gasteiger partial charge in [0, 0.05) is 33.3 Å². The van der Waals surface area contributed by atoms with Gasteiger partial charge in [0.1, 0.15) is 5.82 Å². The Labute approximate surface area is 187 Å². The van der Waals surface area contributed by atoms with Crippen LogP contribution in [-0.2, 0) is 7.05 Å². The van der Waals surface area contributed by atoms with Gasteiger partial charge in [0.15, 0.2) is 0 Å². The van der Waals surface area contributed by atoms with Gasteiger partial charge in [-0.1, -0.05) is 36.4 Å². The molecule has 2 aromatic heterocycles. The normalized spacial score (nSPS) is 11.7. The molecule has 3 aromatic carbocycles. The second-order valence-electron chi connectivity index (χ2n) is 7.15. The summed E-state index contributed by atoms with van der Waals surface area (Å²) in [7, 11) is 2.04. The molecule has 0 amide bonds. The Morgan fingerprint density at radius 3 is 2.50 bits per heavy atom. The lowest BCUT2D eigenvalue weighted by molar-refractivity contribution is 0.943. The number of nitrogens with zero attached hydrogens (tertiary/aromatic N) is 3. The van der Waals surface area contributed by atoms with Crippen LogP contribution in [0.2, 0.25) is 0 Å². The minimum Gasteiger partial charge on any atom is -0.350 e. The molecule has 2 heterocycles. The largest absolute Gasteiger partial charge is 0.350 e. The number of hydrogen-bond acceptors (Lipinski definition) is 2. The Bertz CT molecular complexity index is 1480. The number of rotatable bonds is 3. The van der Waals surface area contributed by atoms with Gasteiger partial charge in [-0.25, -0.2) is 4.98 Å². The zero-order valence-corrected chi connectivity index (χ0v) is 18.4. The van der Waals surface area contributed by atoms with Gasteiger partial charge in [-0.2, -0.15) is 0 Å². The number of aryl methyl sites for hydroxylation is 1. The smallest absolute Gasteiger partial charge is 0.266 e. The third-order valence-corrected chi connectivity index (χ3v) is 5.88. The van der Waals surface area contributed by atoms with E-state index in [9.17, 15) is 4.79 Å². The van der Waals surface area contributed by atoms with Crippen molar-refractivity contribution >= 4 is 56.5 Å². The second kappa shape index (κ2) is 7.57. The first kappa shape index (κ1) is 18.8. The molecule has 146 valence electrons. The average molecular weight is 503 g/mol. The summed E-state index contributed by atoms with van der Waals surface area (Å²) in [5.74, 6) is 0.604. The predicted molar refractivity (Wildman–Crippen MR) is 132 cm³/mol. The lowest BCUT2D eigenvalue weighted by atomic mass is 10.1. The van der Waals surface area contributed by atoms with Gasteiger partial charge in [0.05, 0.1) is 16.6 Å². The monoisotopic (exact) mass is 503 g/mol. The van der Waals surface area contributed by atoms with Crippen LogP contribution in [0.5, 0.6) is 0 Å². The fourth-order valence-electron chi connectivity index (χ4n) is 3.78. The molecule has 5 rings (SSSR count). The lowest BCUT2D eigenvalue weighted by Gasteiger charge is -2.11. The van der Waals surface area contributed by atoms with Crippen molar-refractivity contribution in [1.29, 1.82) is 0 Å². The zero-order valence-electron chi connectivity index (χ0n) is 16.3. The molecule has 0 saturated heterocycles. The molecule has 0 radical (unpaired) electrons. The minimum atomic E-state index is -0.0673. The molecule has 0 aliphatic rings. The summed E-state index contributed by atoms with van der Waals surface area (Å²) in [6.07, 6.45) is 6.05. The van der Waals surface area contributed by atoms with Gasteiger partial charge in [-0.3, -0.25) is 9.36 Å². The fraction of sp³-hybridized carbons (Fsp3) is 0.0400. The molecule has 0 bridgehead atoms. The van der Waals surface area contributed by atoms with E-state index in [1.807, 2.05) is 79.9 Å². The number of fused-ring (bicyclic) bond motifs is 2. The molecule has 30 heavy (non-hydrogen) atoms. The quantitative estimate of drug-likeness (QED) is 0.299. The van der Waals surface area contributed by atoms with E-state index in [2.05, 4.69) is 45.5 Å². The third-order valence-electron chi connectivity index (χ3n) is 5.21. The van der Waals surface area contributed by atoms with Crippen LogP contribution in [0.15, 0.2) is 83.8 Å². The van der Waals surface area contributed by atoms with Crippen LogP contribution in [0.1, 0.15) is 11.4 Å². The van der Waals surface area contributed by atoms with E-state index in [-0.39, 0.29) is 5.56 Å². The number of hydrogen-bond donors (Lipinski definition) is 0. The van der Waals surface area contributed by atoms with Gasteiger partial charge in [0.2, 0.25) is 0 Å². The maximum absolute atomic E-state index is 13.4. The molecule has 0 fully saturated rings. The SMILES string of the molecule is Cn1cc(/C=C/c2nc3ccc(I)cc3c(=O)n2-c2ccccc2)c2ccccc21. The van der Waals surface area contributed by atoms with Crippen molar-refractivity contribution < 1.29 is 0 Å². The fourth-order valence-corrected chi connectivity index (χ4v) is 4.27. The number of aromatic nitrogens is 3. The van der Waals surface area contributed by atoms with Crippen LogP contribution < -0.4 is 5.56 Å². The van der Waals surface area contributed by atoms with Gasteiger partial charge in [0.25, 0.3) is 5.56 Å². The molecule has 0 N–H and O–H groups in total. The van der Waals surface area contributed by atoms with Crippen molar-refractivity contribution in [2.75, 3.05) is 0 Å². The summed E-state index contributed by atoms with van der Waals surface area (Å²) >= 11 is 2.22. The molecule has 0 atom stereocenters. The summed E-state index contributed by atoms with van der Waals surface area (Å²) in [6, 6.07) is 23.7. The van der Waals surface area contributed by atoms with Gasteiger partial charge < -0.3 is 4.57 Å². The first-order valence-electron chi connectivity index (χ1n) is 9.62. The van der Waals surface area contributed by atoms with E-state index in [1.165, 1.54) is 10.9 Å². The Balaban J connectivity index is 1.74. The van der Waals surface area contributed by atoms with E-state index >= 15 is 0 Å². The van der Waals surface area contributed by atoms with Crippen LogP contribution in [0.3, 0.4) is 0 Å². The molecule has 0 aliphatic heterocycles. The van der Waals surface area contributed by atoms with Crippen LogP contribution in [-0.4, -0.2) is 14.1 Å². The molecule has 0 spiro atoms. The van der Waals surface area contributed by atoms with Crippen LogP contribution in [0.25, 0.3) is 39.6 Å². The van der Waals surface area contributed by atoms with E-state index in [4.69, 9.17) is 4.98 Å². The Morgan fingerprint density at radius 1 is 0.900 bits per heavy atom. The Morgan fingerprint density at radius 2 is 1.67 bits per heavy atom. The van der Waals surface area contributed by atoms with Crippen molar-refractivity contribution in [3.8, 4) is 5.69 Å². The van der Waals surface area contributed by atoms with E-state index in [0.29, 0.717) is 16.7 Å². The molecule has 0 unspecified atom stereocenters. The first-order valence-corrected chi connectivity index (χ1v) is 10.7. The molecular formula is C25H18IN3O. The maximum Gasteiger partial charge on any atom is 0.266 e. The molecule has 4 nitrogen and oxygen atoms in total. The first-order chi connectivity index (χ1) is 14.6. The highest BCUT2D eigenvalue weighted by molar-refractivity contribution is 14.1. The molecule has 0 aliphatic carbocycles. The van der Waals surface area contributed by atoms with Crippen molar-refractivity contribution in [3.05, 3.63) is 104 Å². The van der Waals surface area contributed by atoms with Crippen molar-refractivity contribution in [2.45, 2.75) is 0 Å². The summed E-state index contributed by atoms with van der Waals surface area (Å²) in [6.45, 7) is 0. The van der Waals surface area contributed by atoms with Crippen molar-refractivity contribution in [3.63, 3.8) is 0 Å². The van der Waals surface area contributed by atoms with Gasteiger partial charge >= 0.3 is 0 Å². The lowest BCUT2D eigenvalue weighted by Crippen LogP contribution is -2.22. The molecule has 0 saturated carbocycles. The summed E-state index contributed by atoms with van der Waals surface area (Å²) in [5, 5.41) is 1.79. The predicted octanol–water partition coefficient (Wildman–Crippen LogP) is 5.65. The number of benzene rings is 3. The van der Waals surface area contributed by atoms with Gasteiger partial charge in [-0.15, -0.1) is 0 Å². The van der Waals surface area contributed by atoms with Crippen molar-refractivity contribution in [2.24, 2.45) is 7.05 Å². The molecule has 5 heteroatoms. The van der Waals surface area contributed by atoms with Crippen LogP contribution in [0.4, 0.5) is 0 Å². The summed E-state index contributed by atoms with van der Waals surface area (Å²) in [5.41, 5.74) is 3.68. The molecule has 5 aromatic rings. The second-order valence-corrected chi connectivity index (χ2v) is 8.40. The van der Waals surface area contributed by atoms with Crippen LogP contribution >= 0.6 is 22.6 Å². The Kier molecular flexibility index (Phi) is 4.75. The highest BCUT2D eigenvalue weighted by Gasteiger charge is 2.12. The standard InChI is InChI=1S/C25H18IN3O/c1-28-16-17(20-9-5-6-10-23(20)28)11-14-24-27-22-13-12-18(26)15-21(22)25(30)29(24)19-7-3-2-4-8-19/h2-16H,1H3/b14-11+. The number of para-hydroxylation sites is 2. The minimum absolute atomic E-state index is 0.0673. The highest BCUT2D eigenvalue weighted by Crippen LogP contribution is 2.23.